The first-order valence-electron chi connectivity index (χ1n) is 12.4. The monoisotopic (exact) mass is 522 g/mol. The maximum absolute atomic E-state index is 13.3. The average Bonchev–Trinajstić information content (AvgIpc) is 2.89. The average molecular weight is 523 g/mol. The van der Waals surface area contributed by atoms with Crippen LogP contribution in [-0.2, 0) is 22.9 Å². The molecule has 37 heavy (non-hydrogen) atoms. The first-order valence-corrected chi connectivity index (χ1v) is 13.9. The van der Waals surface area contributed by atoms with Gasteiger partial charge in [-0.15, -0.1) is 0 Å². The second kappa shape index (κ2) is 10.6. The standard InChI is InChI=1S/C28H34N4O4S/c1-5-19-6-9-22(10-7-19)37(35,36)31-25-23-18-21(8-11-24(23)30-28(2,3)26(25)33)27(34)32(4)17-14-20-12-15-29-16-13-20/h6-13,15-16,18,25-26,30-31,33H,5,14,17H2,1-4H3/t25-,26+/m1/s1. The Morgan fingerprint density at radius 1 is 1.08 bits per heavy atom. The lowest BCUT2D eigenvalue weighted by Gasteiger charge is -2.43. The molecule has 4 rings (SSSR count). The van der Waals surface area contributed by atoms with Gasteiger partial charge in [0.05, 0.1) is 22.6 Å². The van der Waals surface area contributed by atoms with Crippen molar-refractivity contribution in [3.05, 3.63) is 89.2 Å². The minimum atomic E-state index is -3.94. The zero-order valence-corrected chi connectivity index (χ0v) is 22.4. The molecule has 2 atom stereocenters. The maximum atomic E-state index is 13.3. The third-order valence-corrected chi connectivity index (χ3v) is 8.36. The van der Waals surface area contributed by atoms with E-state index in [9.17, 15) is 18.3 Å². The molecule has 0 radical (unpaired) electrons. The third kappa shape index (κ3) is 5.84. The van der Waals surface area contributed by atoms with Crippen LogP contribution in [0.2, 0.25) is 0 Å². The second-order valence-electron chi connectivity index (χ2n) is 10.0. The lowest BCUT2D eigenvalue weighted by molar-refractivity contribution is 0.0762. The van der Waals surface area contributed by atoms with Gasteiger partial charge in [-0.25, -0.2) is 13.1 Å². The van der Waals surface area contributed by atoms with E-state index >= 15 is 0 Å². The van der Waals surface area contributed by atoms with Gasteiger partial charge >= 0.3 is 0 Å². The van der Waals surface area contributed by atoms with Crippen molar-refractivity contribution in [2.45, 2.75) is 56.2 Å². The Morgan fingerprint density at radius 2 is 1.76 bits per heavy atom. The SMILES string of the molecule is CCc1ccc(S(=O)(=O)N[C@@H]2c3cc(C(=O)N(C)CCc4ccncc4)ccc3NC(C)(C)[C@H]2O)cc1. The minimum Gasteiger partial charge on any atom is -0.389 e. The van der Waals surface area contributed by atoms with Gasteiger partial charge in [-0.05, 0) is 85.8 Å². The van der Waals surface area contributed by atoms with E-state index in [1.807, 2.05) is 32.9 Å². The number of aliphatic hydroxyl groups excluding tert-OH is 1. The van der Waals surface area contributed by atoms with E-state index < -0.39 is 27.7 Å². The maximum Gasteiger partial charge on any atom is 0.253 e. The van der Waals surface area contributed by atoms with Gasteiger partial charge in [0.1, 0.15) is 0 Å². The lowest BCUT2D eigenvalue weighted by atomic mass is 9.82. The molecule has 0 spiro atoms. The molecule has 2 aromatic carbocycles. The highest BCUT2D eigenvalue weighted by Gasteiger charge is 2.43. The van der Waals surface area contributed by atoms with E-state index in [1.54, 1.807) is 66.8 Å². The summed E-state index contributed by atoms with van der Waals surface area (Å²) in [6, 6.07) is 14.7. The van der Waals surface area contributed by atoms with Crippen LogP contribution in [0, 0.1) is 0 Å². The number of fused-ring (bicyclic) bond motifs is 1. The fourth-order valence-corrected chi connectivity index (χ4v) is 5.73. The van der Waals surface area contributed by atoms with Crippen molar-refractivity contribution < 1.29 is 18.3 Å². The smallest absolute Gasteiger partial charge is 0.253 e. The molecule has 3 aromatic rings. The van der Waals surface area contributed by atoms with E-state index in [2.05, 4.69) is 15.0 Å². The van der Waals surface area contributed by atoms with Gasteiger partial charge in [0.25, 0.3) is 5.91 Å². The molecule has 2 heterocycles. The van der Waals surface area contributed by atoms with E-state index in [1.165, 1.54) is 0 Å². The van der Waals surface area contributed by atoms with E-state index in [0.717, 1.165) is 17.5 Å². The van der Waals surface area contributed by atoms with Crippen molar-refractivity contribution in [2.24, 2.45) is 0 Å². The van der Waals surface area contributed by atoms with Gasteiger partial charge in [-0.1, -0.05) is 19.1 Å². The number of hydrogen-bond donors (Lipinski definition) is 3. The number of aromatic nitrogens is 1. The number of hydrogen-bond acceptors (Lipinski definition) is 6. The highest BCUT2D eigenvalue weighted by molar-refractivity contribution is 7.89. The number of aliphatic hydroxyl groups is 1. The number of pyridine rings is 1. The van der Waals surface area contributed by atoms with Crippen molar-refractivity contribution in [1.29, 1.82) is 0 Å². The van der Waals surface area contributed by atoms with Crippen LogP contribution < -0.4 is 10.0 Å². The van der Waals surface area contributed by atoms with Crippen LogP contribution >= 0.6 is 0 Å². The number of amides is 1. The highest BCUT2D eigenvalue weighted by atomic mass is 32.2. The van der Waals surface area contributed by atoms with Crippen LogP contribution in [0.4, 0.5) is 5.69 Å². The summed E-state index contributed by atoms with van der Waals surface area (Å²) >= 11 is 0. The zero-order chi connectivity index (χ0) is 26.8. The number of likely N-dealkylation sites (N-methyl/N-ethyl adjacent to an activating group) is 1. The number of rotatable bonds is 8. The summed E-state index contributed by atoms with van der Waals surface area (Å²) in [6.07, 6.45) is 3.85. The van der Waals surface area contributed by atoms with Crippen molar-refractivity contribution in [1.82, 2.24) is 14.6 Å². The van der Waals surface area contributed by atoms with Gasteiger partial charge in [-0.3, -0.25) is 9.78 Å². The molecule has 0 bridgehead atoms. The quantitative estimate of drug-likeness (QED) is 0.417. The highest BCUT2D eigenvalue weighted by Crippen LogP contribution is 2.39. The van der Waals surface area contributed by atoms with Gasteiger partial charge < -0.3 is 15.3 Å². The number of carbonyl (C=O) groups is 1. The molecule has 1 amide bonds. The van der Waals surface area contributed by atoms with Gasteiger partial charge in [0, 0.05) is 37.2 Å². The molecule has 0 unspecified atom stereocenters. The van der Waals surface area contributed by atoms with Crippen molar-refractivity contribution in [3.8, 4) is 0 Å². The molecule has 8 nitrogen and oxygen atoms in total. The van der Waals surface area contributed by atoms with Crippen molar-refractivity contribution in [2.75, 3.05) is 18.9 Å². The van der Waals surface area contributed by atoms with Crippen LogP contribution in [-0.4, -0.2) is 54.6 Å². The van der Waals surface area contributed by atoms with Crippen LogP contribution in [0.1, 0.15) is 53.9 Å². The summed E-state index contributed by atoms with van der Waals surface area (Å²) in [5.74, 6) is -0.187. The summed E-state index contributed by atoms with van der Waals surface area (Å²) in [5.41, 5.74) is 2.91. The van der Waals surface area contributed by atoms with Crippen LogP contribution in [0.3, 0.4) is 0 Å². The summed E-state index contributed by atoms with van der Waals surface area (Å²) in [4.78, 5) is 19.0. The summed E-state index contributed by atoms with van der Waals surface area (Å²) in [5, 5.41) is 14.5. The van der Waals surface area contributed by atoms with E-state index in [4.69, 9.17) is 0 Å². The van der Waals surface area contributed by atoms with Crippen molar-refractivity contribution in [3.63, 3.8) is 0 Å². The Labute approximate surface area is 218 Å². The molecule has 3 N–H and O–H groups in total. The van der Waals surface area contributed by atoms with E-state index in [-0.39, 0.29) is 10.8 Å². The lowest BCUT2D eigenvalue weighted by Crippen LogP contribution is -2.54. The molecule has 1 aliphatic heterocycles. The Kier molecular flexibility index (Phi) is 7.68. The normalized spacial score (nSPS) is 18.5. The fraction of sp³-hybridized carbons (Fsp3) is 0.357. The number of nitrogens with one attached hydrogen (secondary N) is 2. The van der Waals surface area contributed by atoms with Crippen LogP contribution in [0.5, 0.6) is 0 Å². The first kappa shape index (κ1) is 26.8. The third-order valence-electron chi connectivity index (χ3n) is 6.90. The topological polar surface area (TPSA) is 112 Å². The molecular formula is C28H34N4O4S. The largest absolute Gasteiger partial charge is 0.389 e. The predicted molar refractivity (Wildman–Crippen MR) is 144 cm³/mol. The predicted octanol–water partition coefficient (Wildman–Crippen LogP) is 3.54. The Bertz CT molecular complexity index is 1360. The Hall–Kier alpha value is -3.27. The van der Waals surface area contributed by atoms with E-state index in [0.29, 0.717) is 29.8 Å². The first-order chi connectivity index (χ1) is 17.5. The molecule has 0 saturated heterocycles. The number of anilines is 1. The molecule has 0 saturated carbocycles. The molecule has 9 heteroatoms. The number of benzene rings is 2. The molecule has 0 aliphatic carbocycles. The van der Waals surface area contributed by atoms with Crippen molar-refractivity contribution >= 4 is 21.6 Å². The number of aryl methyl sites for hydroxylation is 1. The Morgan fingerprint density at radius 3 is 2.41 bits per heavy atom. The number of sulfonamides is 1. The zero-order valence-electron chi connectivity index (χ0n) is 21.6. The summed E-state index contributed by atoms with van der Waals surface area (Å²) < 4.78 is 29.3. The second-order valence-corrected chi connectivity index (χ2v) is 11.7. The van der Waals surface area contributed by atoms with Gasteiger partial charge in [0.15, 0.2) is 0 Å². The summed E-state index contributed by atoms with van der Waals surface area (Å²) in [6.45, 7) is 6.13. The minimum absolute atomic E-state index is 0.123. The molecule has 0 fully saturated rings. The number of nitrogens with zero attached hydrogens (tertiary/aromatic N) is 2. The van der Waals surface area contributed by atoms with Gasteiger partial charge in [0.2, 0.25) is 10.0 Å². The van der Waals surface area contributed by atoms with Crippen LogP contribution in [0.25, 0.3) is 0 Å². The Balaban J connectivity index is 1.61. The molecular weight excluding hydrogens is 488 g/mol. The summed E-state index contributed by atoms with van der Waals surface area (Å²) in [7, 11) is -2.20. The van der Waals surface area contributed by atoms with Gasteiger partial charge in [-0.2, -0.15) is 0 Å². The molecule has 1 aliphatic rings. The molecule has 196 valence electrons. The van der Waals surface area contributed by atoms with Crippen LogP contribution in [0.15, 0.2) is 71.9 Å². The molecule has 1 aromatic heterocycles. The number of carbonyl (C=O) groups excluding carboxylic acids is 1. The fourth-order valence-electron chi connectivity index (χ4n) is 4.51.